The van der Waals surface area contributed by atoms with E-state index >= 15 is 0 Å². The number of para-hydroxylation sites is 4. The monoisotopic (exact) mass is 970 g/mol. The normalized spacial score (nSPS) is 12.8. The van der Waals surface area contributed by atoms with Crippen LogP contribution >= 0.6 is 0 Å². The van der Waals surface area contributed by atoms with E-state index in [1.807, 2.05) is 30.5 Å². The van der Waals surface area contributed by atoms with Crippen LogP contribution in [-0.2, 0) is 10.8 Å². The van der Waals surface area contributed by atoms with E-state index in [2.05, 4.69) is 239 Å². The molecular weight excluding hydrogens is 916 g/mol. The molecule has 4 heterocycles. The van der Waals surface area contributed by atoms with Crippen molar-refractivity contribution in [1.82, 2.24) is 14.5 Å². The largest absolute Gasteiger partial charge is 0.504 e. The first-order chi connectivity index (χ1) is 36.4. The zero-order chi connectivity index (χ0) is 51.2. The van der Waals surface area contributed by atoms with Crippen molar-refractivity contribution in [3.05, 3.63) is 230 Å². The number of hydrogen-bond donors (Lipinski definition) is 1. The number of benzene rings is 9. The van der Waals surface area contributed by atoms with E-state index in [9.17, 15) is 5.11 Å². The Balaban J connectivity index is 1.12. The summed E-state index contributed by atoms with van der Waals surface area (Å²) in [6.07, 6.45) is 1.91. The van der Waals surface area contributed by atoms with Crippen LogP contribution in [0.25, 0.3) is 72.7 Å². The Morgan fingerprint density at radius 2 is 1.15 bits per heavy atom. The van der Waals surface area contributed by atoms with E-state index in [-0.39, 0.29) is 23.3 Å². The third-order valence-electron chi connectivity index (χ3n) is 15.1. The number of anilines is 3. The van der Waals surface area contributed by atoms with Gasteiger partial charge in [0.2, 0.25) is 0 Å². The van der Waals surface area contributed by atoms with Crippen molar-refractivity contribution in [1.29, 1.82) is 0 Å². The summed E-state index contributed by atoms with van der Waals surface area (Å²) < 4.78 is 9.26. The van der Waals surface area contributed by atoms with Crippen molar-refractivity contribution in [3.63, 3.8) is 0 Å². The van der Waals surface area contributed by atoms with Gasteiger partial charge in [0.1, 0.15) is 11.6 Å². The van der Waals surface area contributed by atoms with Gasteiger partial charge in [-0.15, -0.1) is 0 Å². The van der Waals surface area contributed by atoms with Gasteiger partial charge >= 0.3 is 0 Å². The molecule has 2 aliphatic heterocycles. The Kier molecular flexibility index (Phi) is 10.8. The number of phenolic OH excluding ortho intramolecular Hbond substituents is 1. The van der Waals surface area contributed by atoms with Gasteiger partial charge in [-0.25, -0.2) is 4.98 Å². The SMILES string of the molecule is CC(C)(C)c1cc(-c2cc(-c3ccccc3)ccn2)cc(-c2cccc3c2nc(-c2cc4c5c(c2O)Oc2ccccc2B5c2ccccc2N4c2ccccc2)n3-c2ccc(C(C)(C)C)cc2-c2ccccc2)c1. The van der Waals surface area contributed by atoms with Crippen LogP contribution in [0.4, 0.5) is 17.1 Å². The minimum Gasteiger partial charge on any atom is -0.504 e. The van der Waals surface area contributed by atoms with Crippen LogP contribution in [0, 0.1) is 0 Å². The third kappa shape index (κ3) is 7.81. The predicted octanol–water partition coefficient (Wildman–Crippen LogP) is 15.5. The summed E-state index contributed by atoms with van der Waals surface area (Å²) in [4.78, 5) is 13.1. The zero-order valence-electron chi connectivity index (χ0n) is 43.0. The van der Waals surface area contributed by atoms with Crippen molar-refractivity contribution in [2.45, 2.75) is 52.4 Å². The highest BCUT2D eigenvalue weighted by Crippen LogP contribution is 2.50. The molecule has 0 amide bonds. The van der Waals surface area contributed by atoms with Gasteiger partial charge in [0.05, 0.1) is 28.0 Å². The van der Waals surface area contributed by atoms with E-state index in [0.717, 1.165) is 101 Å². The quantitative estimate of drug-likeness (QED) is 0.161. The summed E-state index contributed by atoms with van der Waals surface area (Å²) in [6.45, 7) is 13.4. The molecule has 362 valence electrons. The lowest BCUT2D eigenvalue weighted by molar-refractivity contribution is 0.415. The summed E-state index contributed by atoms with van der Waals surface area (Å²) in [5.74, 6) is 1.77. The molecular formula is C68H55BN4O2. The maximum Gasteiger partial charge on any atom is 0.256 e. The second-order valence-electron chi connectivity index (χ2n) is 22.0. The van der Waals surface area contributed by atoms with Crippen molar-refractivity contribution < 1.29 is 9.84 Å². The standard InChI is InChI=1S/C68H55BN4O2/c1-67(2,3)48-33-34-57(52(41-48)44-23-12-8-13-24-44)73-59-31-20-27-51(46-37-47(39-49(38-46)68(4,5)6)56-40-45(35-36-70-56)43-21-10-7-11-22-43)63(59)71-66(73)53-42-60-62-65(64(53)74)75-61-32-19-17-29-55(61)69(62)54-28-16-18-30-58(54)72(60)50-25-14-9-15-26-50/h7-42,74H,1-6H3. The summed E-state index contributed by atoms with van der Waals surface area (Å²) in [5.41, 5.74) is 19.7. The number of fused-ring (bicyclic) bond motifs is 5. The molecule has 0 aliphatic carbocycles. The predicted molar refractivity (Wildman–Crippen MR) is 311 cm³/mol. The van der Waals surface area contributed by atoms with Crippen LogP contribution in [0.3, 0.4) is 0 Å². The highest BCUT2D eigenvalue weighted by molar-refractivity contribution is 6.99. The number of phenols is 1. The van der Waals surface area contributed by atoms with Gasteiger partial charge < -0.3 is 14.7 Å². The third-order valence-corrected chi connectivity index (χ3v) is 15.1. The summed E-state index contributed by atoms with van der Waals surface area (Å²) >= 11 is 0. The Labute approximate surface area is 439 Å². The first-order valence-corrected chi connectivity index (χ1v) is 25.9. The van der Waals surface area contributed by atoms with Crippen LogP contribution in [0.2, 0.25) is 0 Å². The smallest absolute Gasteiger partial charge is 0.256 e. The van der Waals surface area contributed by atoms with E-state index in [0.29, 0.717) is 17.1 Å². The molecule has 75 heavy (non-hydrogen) atoms. The lowest BCUT2D eigenvalue weighted by Gasteiger charge is -2.40. The van der Waals surface area contributed by atoms with Gasteiger partial charge in [0.25, 0.3) is 6.71 Å². The molecule has 1 N–H and O–H groups in total. The number of aromatic hydroxyl groups is 1. The lowest BCUT2D eigenvalue weighted by Crippen LogP contribution is -2.59. The van der Waals surface area contributed by atoms with Gasteiger partial charge in [0.15, 0.2) is 11.5 Å². The summed E-state index contributed by atoms with van der Waals surface area (Å²) in [7, 11) is 0. The van der Waals surface area contributed by atoms with Crippen molar-refractivity contribution in [2.24, 2.45) is 0 Å². The van der Waals surface area contributed by atoms with Crippen molar-refractivity contribution in [3.8, 4) is 79.0 Å². The fraction of sp³-hybridized carbons (Fsp3) is 0.118. The van der Waals surface area contributed by atoms with E-state index in [4.69, 9.17) is 14.7 Å². The first-order valence-electron chi connectivity index (χ1n) is 25.9. The minimum absolute atomic E-state index is 0.0349. The molecule has 0 radical (unpaired) electrons. The first kappa shape index (κ1) is 45.9. The van der Waals surface area contributed by atoms with E-state index < -0.39 is 0 Å². The number of ether oxygens (including phenoxy) is 1. The van der Waals surface area contributed by atoms with Gasteiger partial charge in [-0.1, -0.05) is 181 Å². The van der Waals surface area contributed by atoms with Crippen LogP contribution in [0.1, 0.15) is 52.7 Å². The number of aromatic nitrogens is 3. The molecule has 0 saturated heterocycles. The number of hydrogen-bond acceptors (Lipinski definition) is 5. The maximum atomic E-state index is 13.3. The molecule has 0 atom stereocenters. The van der Waals surface area contributed by atoms with Gasteiger partial charge in [0, 0.05) is 45.4 Å². The molecule has 9 aromatic carbocycles. The second kappa shape index (κ2) is 17.6. The average molecular weight is 971 g/mol. The highest BCUT2D eigenvalue weighted by Gasteiger charge is 2.44. The Hall–Kier alpha value is -8.94. The molecule has 0 saturated carbocycles. The number of rotatable bonds is 7. The summed E-state index contributed by atoms with van der Waals surface area (Å²) in [5, 5.41) is 13.3. The molecule has 0 fully saturated rings. The topological polar surface area (TPSA) is 63.4 Å². The molecule has 6 nitrogen and oxygen atoms in total. The van der Waals surface area contributed by atoms with Crippen molar-refractivity contribution in [2.75, 3.05) is 4.90 Å². The van der Waals surface area contributed by atoms with Crippen molar-refractivity contribution >= 4 is 51.2 Å². The Morgan fingerprint density at radius 3 is 1.89 bits per heavy atom. The van der Waals surface area contributed by atoms with Gasteiger partial charge in [-0.2, -0.15) is 0 Å². The number of imidazole rings is 1. The lowest BCUT2D eigenvalue weighted by atomic mass is 9.34. The zero-order valence-corrected chi connectivity index (χ0v) is 43.0. The summed E-state index contributed by atoms with van der Waals surface area (Å²) in [6, 6.07) is 75.0. The van der Waals surface area contributed by atoms with Gasteiger partial charge in [-0.3, -0.25) is 9.55 Å². The number of pyridine rings is 1. The molecule has 2 aromatic heterocycles. The van der Waals surface area contributed by atoms with E-state index in [1.54, 1.807) is 0 Å². The van der Waals surface area contributed by atoms with Gasteiger partial charge in [-0.05, 0) is 128 Å². The molecule has 0 unspecified atom stereocenters. The maximum absolute atomic E-state index is 13.3. The fourth-order valence-corrected chi connectivity index (χ4v) is 11.3. The second-order valence-corrected chi connectivity index (χ2v) is 22.0. The molecule has 11 aromatic rings. The molecule has 13 rings (SSSR count). The minimum atomic E-state index is -0.191. The molecule has 2 aliphatic rings. The van der Waals surface area contributed by atoms with Crippen LogP contribution in [0.5, 0.6) is 17.2 Å². The highest BCUT2D eigenvalue weighted by atomic mass is 16.5. The van der Waals surface area contributed by atoms with Crippen LogP contribution in [0.15, 0.2) is 219 Å². The molecule has 0 bridgehead atoms. The van der Waals surface area contributed by atoms with E-state index in [1.165, 1.54) is 11.1 Å². The van der Waals surface area contributed by atoms with Crippen LogP contribution in [-0.4, -0.2) is 26.4 Å². The molecule has 0 spiro atoms. The fourth-order valence-electron chi connectivity index (χ4n) is 11.3. The molecule has 7 heteroatoms. The Bertz CT molecular complexity index is 4020. The van der Waals surface area contributed by atoms with Crippen LogP contribution < -0.4 is 26.0 Å². The number of nitrogens with zero attached hydrogens (tertiary/aromatic N) is 4. The Morgan fingerprint density at radius 1 is 0.480 bits per heavy atom. The average Bonchev–Trinajstić information content (AvgIpc) is 3.85.